The van der Waals surface area contributed by atoms with Gasteiger partial charge in [0.1, 0.15) is 0 Å². The van der Waals surface area contributed by atoms with Gasteiger partial charge in [-0.25, -0.2) is 8.42 Å². The van der Waals surface area contributed by atoms with Crippen LogP contribution in [0.4, 0.5) is 13.2 Å². The molecule has 3 nitrogen and oxygen atoms in total. The highest BCUT2D eigenvalue weighted by Crippen LogP contribution is 2.34. The van der Waals surface area contributed by atoms with E-state index in [1.165, 1.54) is 12.1 Å². The van der Waals surface area contributed by atoms with E-state index in [0.717, 1.165) is 18.6 Å². The normalized spacial score (nSPS) is 14.1. The SMILES string of the molecule is CCC(CCCS(=O)(=O)c1ccccc1C(F)(F)F)NC. The van der Waals surface area contributed by atoms with Crippen molar-refractivity contribution < 1.29 is 21.6 Å². The molecule has 1 rings (SSSR count). The van der Waals surface area contributed by atoms with Crippen LogP contribution in [0.2, 0.25) is 0 Å². The number of sulfone groups is 1. The molecule has 1 N–H and O–H groups in total. The van der Waals surface area contributed by atoms with E-state index in [9.17, 15) is 21.6 Å². The lowest BCUT2D eigenvalue weighted by molar-refractivity contribution is -0.139. The molecule has 0 aliphatic rings. The maximum Gasteiger partial charge on any atom is 0.417 e. The Hall–Kier alpha value is -1.08. The first-order valence-electron chi connectivity index (χ1n) is 6.78. The molecular formula is C14H20F3NO2S. The van der Waals surface area contributed by atoms with Gasteiger partial charge in [0.25, 0.3) is 0 Å². The van der Waals surface area contributed by atoms with Gasteiger partial charge >= 0.3 is 6.18 Å². The van der Waals surface area contributed by atoms with Gasteiger partial charge in [-0.1, -0.05) is 19.1 Å². The molecule has 0 fully saturated rings. The van der Waals surface area contributed by atoms with Crippen molar-refractivity contribution in [3.05, 3.63) is 29.8 Å². The molecular weight excluding hydrogens is 303 g/mol. The van der Waals surface area contributed by atoms with Crippen molar-refractivity contribution >= 4 is 9.84 Å². The summed E-state index contributed by atoms with van der Waals surface area (Å²) in [5.74, 6) is -0.279. The van der Waals surface area contributed by atoms with Crippen molar-refractivity contribution in [2.45, 2.75) is 43.3 Å². The predicted molar refractivity (Wildman–Crippen MR) is 75.9 cm³/mol. The molecule has 0 amide bonds. The van der Waals surface area contributed by atoms with Crippen molar-refractivity contribution in [3.8, 4) is 0 Å². The van der Waals surface area contributed by atoms with Crippen LogP contribution in [0.25, 0.3) is 0 Å². The number of hydrogen-bond donors (Lipinski definition) is 1. The summed E-state index contributed by atoms with van der Waals surface area (Å²) in [6.07, 6.45) is -2.88. The van der Waals surface area contributed by atoms with Crippen LogP contribution in [-0.2, 0) is 16.0 Å². The highest BCUT2D eigenvalue weighted by atomic mass is 32.2. The summed E-state index contributed by atoms with van der Waals surface area (Å²) in [6, 6.07) is 4.50. The van der Waals surface area contributed by atoms with Crippen LogP contribution >= 0.6 is 0 Å². The van der Waals surface area contributed by atoms with E-state index in [1.54, 1.807) is 7.05 Å². The highest BCUT2D eigenvalue weighted by molar-refractivity contribution is 7.91. The molecule has 0 aromatic heterocycles. The lowest BCUT2D eigenvalue weighted by atomic mass is 10.1. The fraction of sp³-hybridized carbons (Fsp3) is 0.571. The molecule has 0 radical (unpaired) electrons. The highest BCUT2D eigenvalue weighted by Gasteiger charge is 2.36. The Kier molecular flexibility index (Phi) is 6.22. The van der Waals surface area contributed by atoms with Gasteiger partial charge in [-0.05, 0) is 38.4 Å². The second-order valence-corrected chi connectivity index (χ2v) is 6.93. The molecule has 0 heterocycles. The Morgan fingerprint density at radius 2 is 1.86 bits per heavy atom. The van der Waals surface area contributed by atoms with E-state index in [-0.39, 0.29) is 11.8 Å². The lowest BCUT2D eigenvalue weighted by Gasteiger charge is -2.15. The van der Waals surface area contributed by atoms with Gasteiger partial charge < -0.3 is 5.32 Å². The minimum atomic E-state index is -4.67. The number of benzene rings is 1. The fourth-order valence-corrected chi connectivity index (χ4v) is 3.73. The first-order chi connectivity index (χ1) is 9.72. The minimum Gasteiger partial charge on any atom is -0.317 e. The Balaban J connectivity index is 2.89. The lowest BCUT2D eigenvalue weighted by Crippen LogP contribution is -2.25. The third kappa shape index (κ3) is 5.00. The molecule has 0 spiro atoms. The summed E-state index contributed by atoms with van der Waals surface area (Å²) in [5, 5.41) is 3.04. The number of hydrogen-bond acceptors (Lipinski definition) is 3. The third-order valence-electron chi connectivity index (χ3n) is 3.39. The average molecular weight is 323 g/mol. The second-order valence-electron chi connectivity index (χ2n) is 4.85. The zero-order valence-corrected chi connectivity index (χ0v) is 12.9. The number of rotatable bonds is 7. The number of halogens is 3. The average Bonchev–Trinajstić information content (AvgIpc) is 2.43. The van der Waals surface area contributed by atoms with E-state index >= 15 is 0 Å². The third-order valence-corrected chi connectivity index (χ3v) is 5.25. The largest absolute Gasteiger partial charge is 0.417 e. The molecule has 1 atom stereocenters. The number of nitrogens with one attached hydrogen (secondary N) is 1. The zero-order chi connectivity index (χ0) is 16.1. The van der Waals surface area contributed by atoms with Crippen molar-refractivity contribution in [2.24, 2.45) is 0 Å². The summed E-state index contributed by atoms with van der Waals surface area (Å²) < 4.78 is 62.9. The molecule has 0 aliphatic heterocycles. The summed E-state index contributed by atoms with van der Waals surface area (Å²) in [7, 11) is -2.15. The minimum absolute atomic E-state index is 0.179. The van der Waals surface area contributed by atoms with Gasteiger partial charge in [0.15, 0.2) is 9.84 Å². The molecule has 1 unspecified atom stereocenters. The maximum absolute atomic E-state index is 12.9. The Bertz CT molecular complexity index is 552. The Morgan fingerprint density at radius 3 is 2.38 bits per heavy atom. The number of alkyl halides is 3. The standard InChI is InChI=1S/C14H20F3NO2S/c1-3-11(18-2)7-6-10-21(19,20)13-9-5-4-8-12(13)14(15,16)17/h4-5,8-9,11,18H,3,6-7,10H2,1-2H3. The fourth-order valence-electron chi connectivity index (χ4n) is 2.15. The molecule has 0 bridgehead atoms. The monoisotopic (exact) mass is 323 g/mol. The molecule has 0 saturated heterocycles. The van der Waals surface area contributed by atoms with E-state index in [2.05, 4.69) is 5.32 Å². The van der Waals surface area contributed by atoms with Crippen LogP contribution in [0.1, 0.15) is 31.7 Å². The van der Waals surface area contributed by atoms with Gasteiger partial charge in [-0.3, -0.25) is 0 Å². The second kappa shape index (κ2) is 7.26. The van der Waals surface area contributed by atoms with Crippen LogP contribution in [0, 0.1) is 0 Å². The first-order valence-corrected chi connectivity index (χ1v) is 8.43. The van der Waals surface area contributed by atoms with Gasteiger partial charge in [0.05, 0.1) is 16.2 Å². The Morgan fingerprint density at radius 1 is 1.24 bits per heavy atom. The summed E-state index contributed by atoms with van der Waals surface area (Å²) in [5.41, 5.74) is -1.09. The molecule has 7 heteroatoms. The molecule has 120 valence electrons. The quantitative estimate of drug-likeness (QED) is 0.838. The van der Waals surface area contributed by atoms with Crippen LogP contribution in [0.5, 0.6) is 0 Å². The van der Waals surface area contributed by atoms with E-state index in [1.807, 2.05) is 6.92 Å². The summed E-state index contributed by atoms with van der Waals surface area (Å²) >= 11 is 0. The van der Waals surface area contributed by atoms with Gasteiger partial charge in [-0.15, -0.1) is 0 Å². The molecule has 0 aliphatic carbocycles. The van der Waals surface area contributed by atoms with Gasteiger partial charge in [0.2, 0.25) is 0 Å². The van der Waals surface area contributed by atoms with Crippen molar-refractivity contribution in [3.63, 3.8) is 0 Å². The van der Waals surface area contributed by atoms with E-state index < -0.39 is 26.5 Å². The van der Waals surface area contributed by atoms with Gasteiger partial charge in [0, 0.05) is 6.04 Å². The first kappa shape index (κ1) is 18.0. The smallest absolute Gasteiger partial charge is 0.317 e. The molecule has 0 saturated carbocycles. The molecule has 1 aromatic carbocycles. The maximum atomic E-state index is 12.9. The summed E-state index contributed by atoms with van der Waals surface area (Å²) in [4.78, 5) is -0.630. The van der Waals surface area contributed by atoms with E-state index in [0.29, 0.717) is 12.8 Å². The van der Waals surface area contributed by atoms with Crippen LogP contribution in [-0.4, -0.2) is 27.3 Å². The predicted octanol–water partition coefficient (Wildman–Crippen LogP) is 3.26. The van der Waals surface area contributed by atoms with Crippen molar-refractivity contribution in [2.75, 3.05) is 12.8 Å². The van der Waals surface area contributed by atoms with Crippen LogP contribution < -0.4 is 5.32 Å². The van der Waals surface area contributed by atoms with Crippen molar-refractivity contribution in [1.29, 1.82) is 0 Å². The van der Waals surface area contributed by atoms with E-state index in [4.69, 9.17) is 0 Å². The summed E-state index contributed by atoms with van der Waals surface area (Å²) in [6.45, 7) is 1.97. The molecule has 21 heavy (non-hydrogen) atoms. The van der Waals surface area contributed by atoms with Crippen molar-refractivity contribution in [1.82, 2.24) is 5.32 Å². The zero-order valence-electron chi connectivity index (χ0n) is 12.1. The van der Waals surface area contributed by atoms with Crippen LogP contribution in [0.3, 0.4) is 0 Å². The molecule has 1 aromatic rings. The Labute approximate surface area is 123 Å². The van der Waals surface area contributed by atoms with Crippen LogP contribution in [0.15, 0.2) is 29.2 Å². The van der Waals surface area contributed by atoms with Gasteiger partial charge in [-0.2, -0.15) is 13.2 Å². The topological polar surface area (TPSA) is 46.2 Å².